The molecule has 1 fully saturated rings. The highest BCUT2D eigenvalue weighted by atomic mass is 32.1. The number of rotatable bonds is 3. The second-order valence-corrected chi connectivity index (χ2v) is 6.97. The molecule has 1 unspecified atom stereocenters. The van der Waals surface area contributed by atoms with Gasteiger partial charge in [-0.25, -0.2) is 0 Å². The van der Waals surface area contributed by atoms with E-state index in [0.717, 1.165) is 33.7 Å². The van der Waals surface area contributed by atoms with Crippen molar-refractivity contribution in [1.82, 2.24) is 10.2 Å². The zero-order valence-electron chi connectivity index (χ0n) is 12.3. The molecule has 4 nitrogen and oxygen atoms in total. The summed E-state index contributed by atoms with van der Waals surface area (Å²) in [4.78, 5) is 15.4. The summed E-state index contributed by atoms with van der Waals surface area (Å²) in [6, 6.07) is 7.69. The van der Waals surface area contributed by atoms with Gasteiger partial charge in [-0.15, -0.1) is 11.3 Å². The van der Waals surface area contributed by atoms with Gasteiger partial charge in [-0.3, -0.25) is 4.79 Å². The molecule has 5 heteroatoms. The van der Waals surface area contributed by atoms with E-state index >= 15 is 0 Å². The number of nitrogens with one attached hydrogen (secondary N) is 1. The van der Waals surface area contributed by atoms with Crippen LogP contribution in [0.5, 0.6) is 0 Å². The Balaban J connectivity index is 1.63. The van der Waals surface area contributed by atoms with Crippen LogP contribution in [0.3, 0.4) is 0 Å². The summed E-state index contributed by atoms with van der Waals surface area (Å²) in [5.41, 5.74) is 6.51. The molecule has 0 bridgehead atoms. The van der Waals surface area contributed by atoms with Gasteiger partial charge in [0, 0.05) is 23.5 Å². The van der Waals surface area contributed by atoms with Crippen LogP contribution in [0.2, 0.25) is 0 Å². The number of hydrogen-bond donors (Lipinski definition) is 2. The smallest absolute Gasteiger partial charge is 0.261 e. The van der Waals surface area contributed by atoms with Crippen molar-refractivity contribution in [2.45, 2.75) is 12.8 Å². The molecule has 1 atom stereocenters. The van der Waals surface area contributed by atoms with Gasteiger partial charge in [0.25, 0.3) is 5.91 Å². The van der Waals surface area contributed by atoms with Gasteiger partial charge < -0.3 is 16.0 Å². The molecule has 2 aromatic rings. The molecule has 0 spiro atoms. The topological polar surface area (TPSA) is 58.4 Å². The predicted octanol–water partition coefficient (Wildman–Crippen LogP) is 2.56. The Kier molecular flexibility index (Phi) is 4.12. The molecule has 0 saturated carbocycles. The Morgan fingerprint density at radius 2 is 2.33 bits per heavy atom. The molecule has 1 aliphatic rings. The number of amides is 1. The molecule has 1 aliphatic heterocycles. The van der Waals surface area contributed by atoms with Crippen molar-refractivity contribution in [2.24, 2.45) is 5.92 Å². The summed E-state index contributed by atoms with van der Waals surface area (Å²) >= 11 is 1.52. The SMILES string of the molecule is CN1CCCC(CNC(=O)c2cc3cc(N)ccc3s2)C1. The fourth-order valence-corrected chi connectivity index (χ4v) is 3.90. The minimum atomic E-state index is 0.0306. The van der Waals surface area contributed by atoms with Crippen LogP contribution in [0.1, 0.15) is 22.5 Å². The van der Waals surface area contributed by atoms with E-state index in [1.807, 2.05) is 24.3 Å². The van der Waals surface area contributed by atoms with Crippen LogP contribution in [0.25, 0.3) is 10.1 Å². The number of piperidine rings is 1. The van der Waals surface area contributed by atoms with E-state index in [0.29, 0.717) is 5.92 Å². The Morgan fingerprint density at radius 1 is 1.48 bits per heavy atom. The van der Waals surface area contributed by atoms with Crippen molar-refractivity contribution in [1.29, 1.82) is 0 Å². The maximum Gasteiger partial charge on any atom is 0.261 e. The number of benzene rings is 1. The average Bonchev–Trinajstić information content (AvgIpc) is 2.88. The number of carbonyl (C=O) groups excluding carboxylic acids is 1. The van der Waals surface area contributed by atoms with Crippen molar-refractivity contribution in [3.05, 3.63) is 29.1 Å². The maximum atomic E-state index is 12.3. The number of anilines is 1. The van der Waals surface area contributed by atoms with E-state index < -0.39 is 0 Å². The van der Waals surface area contributed by atoms with Gasteiger partial charge in [-0.2, -0.15) is 0 Å². The molecule has 1 aromatic carbocycles. The largest absolute Gasteiger partial charge is 0.399 e. The van der Waals surface area contributed by atoms with Crippen LogP contribution in [-0.2, 0) is 0 Å². The summed E-state index contributed by atoms with van der Waals surface area (Å²) in [5, 5.41) is 4.12. The Hall–Kier alpha value is -1.59. The summed E-state index contributed by atoms with van der Waals surface area (Å²) in [6.07, 6.45) is 2.42. The summed E-state index contributed by atoms with van der Waals surface area (Å²) in [6.45, 7) is 3.00. The summed E-state index contributed by atoms with van der Waals surface area (Å²) in [5.74, 6) is 0.598. The molecule has 2 heterocycles. The molecular weight excluding hydrogens is 282 g/mol. The minimum absolute atomic E-state index is 0.0306. The Labute approximate surface area is 128 Å². The van der Waals surface area contributed by atoms with E-state index in [1.165, 1.54) is 30.7 Å². The second kappa shape index (κ2) is 6.03. The van der Waals surface area contributed by atoms with Gasteiger partial charge in [-0.1, -0.05) is 0 Å². The average molecular weight is 303 g/mol. The highest BCUT2D eigenvalue weighted by molar-refractivity contribution is 7.20. The van der Waals surface area contributed by atoms with E-state index in [9.17, 15) is 4.79 Å². The van der Waals surface area contributed by atoms with Crippen LogP contribution in [-0.4, -0.2) is 37.5 Å². The first-order chi connectivity index (χ1) is 10.1. The second-order valence-electron chi connectivity index (χ2n) is 5.89. The van der Waals surface area contributed by atoms with Gasteiger partial charge in [0.15, 0.2) is 0 Å². The normalized spacial score (nSPS) is 19.8. The van der Waals surface area contributed by atoms with Gasteiger partial charge in [0.05, 0.1) is 4.88 Å². The molecule has 0 radical (unpaired) electrons. The van der Waals surface area contributed by atoms with Crippen LogP contribution in [0.4, 0.5) is 5.69 Å². The van der Waals surface area contributed by atoms with E-state index in [2.05, 4.69) is 17.3 Å². The monoisotopic (exact) mass is 303 g/mol. The predicted molar refractivity (Wildman–Crippen MR) is 88.8 cm³/mol. The van der Waals surface area contributed by atoms with Crippen LogP contribution in [0, 0.1) is 5.92 Å². The number of nitrogen functional groups attached to an aromatic ring is 1. The van der Waals surface area contributed by atoms with Crippen molar-refractivity contribution in [2.75, 3.05) is 32.4 Å². The zero-order valence-corrected chi connectivity index (χ0v) is 13.1. The molecule has 1 saturated heterocycles. The number of nitrogens with two attached hydrogens (primary N) is 1. The quantitative estimate of drug-likeness (QED) is 0.857. The lowest BCUT2D eigenvalue weighted by Crippen LogP contribution is -2.38. The van der Waals surface area contributed by atoms with Crippen molar-refractivity contribution >= 4 is 33.0 Å². The first-order valence-corrected chi connectivity index (χ1v) is 8.19. The van der Waals surface area contributed by atoms with E-state index in [1.54, 1.807) is 0 Å². The van der Waals surface area contributed by atoms with Crippen molar-refractivity contribution in [3.8, 4) is 0 Å². The molecule has 0 aliphatic carbocycles. The lowest BCUT2D eigenvalue weighted by Gasteiger charge is -2.29. The first-order valence-electron chi connectivity index (χ1n) is 7.37. The van der Waals surface area contributed by atoms with Gasteiger partial charge in [0.1, 0.15) is 0 Å². The van der Waals surface area contributed by atoms with Crippen LogP contribution < -0.4 is 11.1 Å². The number of nitrogens with zero attached hydrogens (tertiary/aromatic N) is 1. The van der Waals surface area contributed by atoms with Gasteiger partial charge >= 0.3 is 0 Å². The molecule has 1 amide bonds. The molecule has 3 rings (SSSR count). The Bertz CT molecular complexity index is 652. The molecule has 21 heavy (non-hydrogen) atoms. The van der Waals surface area contributed by atoms with E-state index in [4.69, 9.17) is 5.73 Å². The molecule has 1 aromatic heterocycles. The fraction of sp³-hybridized carbons (Fsp3) is 0.438. The third-order valence-electron chi connectivity index (χ3n) is 4.04. The molecule has 112 valence electrons. The van der Waals surface area contributed by atoms with Crippen LogP contribution >= 0.6 is 11.3 Å². The maximum absolute atomic E-state index is 12.3. The zero-order chi connectivity index (χ0) is 14.8. The van der Waals surface area contributed by atoms with Crippen molar-refractivity contribution in [3.63, 3.8) is 0 Å². The standard InChI is InChI=1S/C16H21N3OS/c1-19-6-2-3-11(10-19)9-18-16(20)15-8-12-7-13(17)4-5-14(12)21-15/h4-5,7-8,11H,2-3,6,9-10,17H2,1H3,(H,18,20). The van der Waals surface area contributed by atoms with Gasteiger partial charge in [-0.05, 0) is 62.0 Å². The lowest BCUT2D eigenvalue weighted by molar-refractivity contribution is 0.0941. The highest BCUT2D eigenvalue weighted by Gasteiger charge is 2.18. The number of hydrogen-bond acceptors (Lipinski definition) is 4. The van der Waals surface area contributed by atoms with Gasteiger partial charge in [0.2, 0.25) is 0 Å². The van der Waals surface area contributed by atoms with E-state index in [-0.39, 0.29) is 5.91 Å². The lowest BCUT2D eigenvalue weighted by atomic mass is 9.98. The number of carbonyl (C=O) groups is 1. The number of thiophene rings is 1. The fourth-order valence-electron chi connectivity index (χ4n) is 2.94. The van der Waals surface area contributed by atoms with Crippen molar-refractivity contribution < 1.29 is 4.79 Å². The third kappa shape index (κ3) is 3.36. The number of fused-ring (bicyclic) bond motifs is 1. The third-order valence-corrected chi connectivity index (χ3v) is 5.15. The summed E-state index contributed by atoms with van der Waals surface area (Å²) < 4.78 is 1.10. The highest BCUT2D eigenvalue weighted by Crippen LogP contribution is 2.27. The minimum Gasteiger partial charge on any atom is -0.399 e. The van der Waals surface area contributed by atoms with Crippen LogP contribution in [0.15, 0.2) is 24.3 Å². The summed E-state index contributed by atoms with van der Waals surface area (Å²) in [7, 11) is 2.14. The molecule has 3 N–H and O–H groups in total. The molecular formula is C16H21N3OS. The first kappa shape index (κ1) is 14.4. The Morgan fingerprint density at radius 3 is 3.14 bits per heavy atom. The number of likely N-dealkylation sites (tertiary alicyclic amines) is 1.